The number of amides is 1. The van der Waals surface area contributed by atoms with Crippen molar-refractivity contribution >= 4 is 17.7 Å². The van der Waals surface area contributed by atoms with Gasteiger partial charge >= 0.3 is 6.18 Å². The molecule has 42 heavy (non-hydrogen) atoms. The summed E-state index contributed by atoms with van der Waals surface area (Å²) in [5.74, 6) is -5.73. The number of aromatic nitrogens is 3. The molecule has 1 aliphatic heterocycles. The fourth-order valence-corrected chi connectivity index (χ4v) is 6.86. The van der Waals surface area contributed by atoms with Gasteiger partial charge in [-0.25, -0.2) is 17.9 Å². The fraction of sp³-hybridized carbons (Fsp3) is 0.640. The summed E-state index contributed by atoms with van der Waals surface area (Å²) in [6, 6.07) is -0.108. The highest BCUT2D eigenvalue weighted by Gasteiger charge is 2.52. The SMILES string of the molecule is CN(CC(F)(F)F)C(=O)C(S[C@@H]1O[C@H](CO)[C@H](O)[C@H](n2cc(-c3cc(F)c(F)c(F)c3)nn2)[C@H]1O)C1(O)CCCCC1. The molecule has 17 heteroatoms. The van der Waals surface area contributed by atoms with E-state index in [0.29, 0.717) is 41.6 Å². The summed E-state index contributed by atoms with van der Waals surface area (Å²) >= 11 is 0.564. The van der Waals surface area contributed by atoms with Crippen LogP contribution in [0.4, 0.5) is 26.3 Å². The summed E-state index contributed by atoms with van der Waals surface area (Å²) in [4.78, 5) is 13.7. The van der Waals surface area contributed by atoms with Gasteiger partial charge in [0.05, 0.1) is 18.4 Å². The van der Waals surface area contributed by atoms with Crippen LogP contribution in [0.15, 0.2) is 18.3 Å². The third kappa shape index (κ3) is 6.86. The number of carbonyl (C=O) groups is 1. The average Bonchev–Trinajstić information content (AvgIpc) is 3.40. The van der Waals surface area contributed by atoms with Crippen molar-refractivity contribution in [2.45, 2.75) is 78.9 Å². The first-order valence-corrected chi connectivity index (χ1v) is 14.0. The van der Waals surface area contributed by atoms with Crippen LogP contribution in [0.1, 0.15) is 38.1 Å². The van der Waals surface area contributed by atoms with Crippen LogP contribution in [0, 0.1) is 17.5 Å². The van der Waals surface area contributed by atoms with Crippen LogP contribution in [0.2, 0.25) is 0 Å². The maximum atomic E-state index is 13.8. The predicted octanol–water partition coefficient (Wildman–Crippen LogP) is 2.16. The van der Waals surface area contributed by atoms with Crippen molar-refractivity contribution in [1.82, 2.24) is 19.9 Å². The van der Waals surface area contributed by atoms with E-state index in [4.69, 9.17) is 4.74 Å². The standard InChI is InChI=1S/C25H30F6N4O6S/c1-34(11-25(29,30)31)22(39)21(24(40)5-3-2-4-6-24)42-23-20(38)18(19(37)16(10-36)41-23)35-9-15(32-33-35)12-7-13(26)17(28)14(27)8-12/h7-9,16,18-21,23,36-38,40H,2-6,10-11H2,1H3/t16-,18+,19+,20-,21?,23+/m1/s1. The Morgan fingerprint density at radius 1 is 1.17 bits per heavy atom. The number of aliphatic hydroxyl groups excluding tert-OH is 3. The number of hydrogen-bond acceptors (Lipinski definition) is 9. The minimum atomic E-state index is -4.71. The smallest absolute Gasteiger partial charge is 0.394 e. The van der Waals surface area contributed by atoms with E-state index < -0.39 is 83.3 Å². The Morgan fingerprint density at radius 3 is 2.36 bits per heavy atom. The van der Waals surface area contributed by atoms with Gasteiger partial charge in [-0.1, -0.05) is 24.5 Å². The lowest BCUT2D eigenvalue weighted by molar-refractivity contribution is -0.179. The first-order valence-electron chi connectivity index (χ1n) is 13.0. The van der Waals surface area contributed by atoms with Crippen LogP contribution in [-0.4, -0.2) is 107 Å². The molecular weight excluding hydrogens is 598 g/mol. The van der Waals surface area contributed by atoms with E-state index >= 15 is 0 Å². The third-order valence-corrected chi connectivity index (χ3v) is 9.01. The average molecular weight is 629 g/mol. The molecule has 1 aromatic carbocycles. The maximum Gasteiger partial charge on any atom is 0.406 e. The van der Waals surface area contributed by atoms with Gasteiger partial charge in [0, 0.05) is 12.6 Å². The van der Waals surface area contributed by atoms with Gasteiger partial charge in [0.15, 0.2) is 17.5 Å². The number of rotatable bonds is 8. The molecule has 1 aliphatic carbocycles. The summed E-state index contributed by atoms with van der Waals surface area (Å²) in [6.07, 6.45) is -6.42. The van der Waals surface area contributed by atoms with E-state index in [0.717, 1.165) is 24.3 Å². The van der Waals surface area contributed by atoms with E-state index in [9.17, 15) is 51.6 Å². The molecule has 1 saturated carbocycles. The van der Waals surface area contributed by atoms with Gasteiger partial charge in [0.1, 0.15) is 47.3 Å². The van der Waals surface area contributed by atoms with E-state index in [1.54, 1.807) is 0 Å². The second kappa shape index (κ2) is 12.7. The molecule has 2 fully saturated rings. The first kappa shape index (κ1) is 32.5. The largest absolute Gasteiger partial charge is 0.406 e. The normalized spacial score (nSPS) is 27.1. The lowest BCUT2D eigenvalue weighted by Gasteiger charge is -2.45. The van der Waals surface area contributed by atoms with Crippen LogP contribution in [0.3, 0.4) is 0 Å². The van der Waals surface area contributed by atoms with Crippen molar-refractivity contribution in [2.24, 2.45) is 0 Å². The molecule has 1 aromatic heterocycles. The summed E-state index contributed by atoms with van der Waals surface area (Å²) in [6.45, 7) is -2.37. The van der Waals surface area contributed by atoms with Crippen LogP contribution in [0.5, 0.6) is 0 Å². The predicted molar refractivity (Wildman–Crippen MR) is 135 cm³/mol. The van der Waals surface area contributed by atoms with Crippen LogP contribution >= 0.6 is 11.8 Å². The van der Waals surface area contributed by atoms with E-state index in [2.05, 4.69) is 10.3 Å². The number of carbonyl (C=O) groups excluding carboxylic acids is 1. The second-order valence-electron chi connectivity index (χ2n) is 10.5. The Balaban J connectivity index is 1.65. The Kier molecular flexibility index (Phi) is 9.79. The number of halogens is 6. The molecule has 10 nitrogen and oxygen atoms in total. The minimum Gasteiger partial charge on any atom is -0.394 e. The summed E-state index contributed by atoms with van der Waals surface area (Å²) in [5, 5.41) is 49.5. The fourth-order valence-electron chi connectivity index (χ4n) is 5.27. The van der Waals surface area contributed by atoms with Crippen molar-refractivity contribution in [3.05, 3.63) is 35.8 Å². The maximum absolute atomic E-state index is 13.8. The van der Waals surface area contributed by atoms with E-state index in [1.807, 2.05) is 0 Å². The Bertz CT molecular complexity index is 1240. The zero-order valence-electron chi connectivity index (χ0n) is 22.2. The van der Waals surface area contributed by atoms with Crippen LogP contribution < -0.4 is 0 Å². The lowest BCUT2D eigenvalue weighted by atomic mass is 9.82. The molecule has 234 valence electrons. The molecule has 4 rings (SSSR count). The second-order valence-corrected chi connectivity index (χ2v) is 11.7. The zero-order valence-corrected chi connectivity index (χ0v) is 23.0. The molecule has 2 aliphatic rings. The van der Waals surface area contributed by atoms with Crippen molar-refractivity contribution in [2.75, 3.05) is 20.2 Å². The summed E-state index contributed by atoms with van der Waals surface area (Å²) < 4.78 is 86.8. The Morgan fingerprint density at radius 2 is 1.79 bits per heavy atom. The van der Waals surface area contributed by atoms with Gasteiger partial charge in [-0.2, -0.15) is 13.2 Å². The molecule has 1 amide bonds. The number of aliphatic hydroxyl groups is 4. The highest BCUT2D eigenvalue weighted by Crippen LogP contribution is 2.44. The molecule has 1 unspecified atom stereocenters. The first-order chi connectivity index (χ1) is 19.6. The quantitative estimate of drug-likeness (QED) is 0.256. The van der Waals surface area contributed by atoms with Crippen LogP contribution in [-0.2, 0) is 9.53 Å². The number of hydrogen-bond donors (Lipinski definition) is 4. The van der Waals surface area contributed by atoms with Gasteiger partial charge in [-0.05, 0) is 25.0 Å². The van der Waals surface area contributed by atoms with Gasteiger partial charge in [0.25, 0.3) is 0 Å². The summed E-state index contributed by atoms with van der Waals surface area (Å²) in [5.41, 5.74) is -3.58. The zero-order chi connectivity index (χ0) is 31.0. The number of ether oxygens (including phenoxy) is 1. The Labute approximate surface area is 240 Å². The Hall–Kier alpha value is -2.44. The van der Waals surface area contributed by atoms with Crippen molar-refractivity contribution in [3.8, 4) is 11.3 Å². The third-order valence-electron chi connectivity index (χ3n) is 7.44. The molecule has 2 heterocycles. The van der Waals surface area contributed by atoms with Crippen LogP contribution in [0.25, 0.3) is 11.3 Å². The molecule has 1 saturated heterocycles. The lowest BCUT2D eigenvalue weighted by Crippen LogP contribution is -2.58. The molecular formula is C25H30F6N4O6S. The van der Waals surface area contributed by atoms with Gasteiger partial charge in [0.2, 0.25) is 5.91 Å². The van der Waals surface area contributed by atoms with E-state index in [-0.39, 0.29) is 24.1 Å². The summed E-state index contributed by atoms with van der Waals surface area (Å²) in [7, 11) is 0.939. The molecule has 4 N–H and O–H groups in total. The van der Waals surface area contributed by atoms with Gasteiger partial charge in [-0.3, -0.25) is 4.79 Å². The number of alkyl halides is 3. The van der Waals surface area contributed by atoms with Gasteiger partial charge in [-0.15, -0.1) is 16.9 Å². The highest BCUT2D eigenvalue weighted by atomic mass is 32.2. The highest BCUT2D eigenvalue weighted by molar-refractivity contribution is 8.01. The molecule has 6 atom stereocenters. The number of benzene rings is 1. The van der Waals surface area contributed by atoms with Crippen molar-refractivity contribution in [3.63, 3.8) is 0 Å². The topological polar surface area (TPSA) is 141 Å². The van der Waals surface area contributed by atoms with Crippen molar-refractivity contribution in [1.29, 1.82) is 0 Å². The van der Waals surface area contributed by atoms with Crippen molar-refractivity contribution < 1.29 is 56.3 Å². The molecule has 0 spiro atoms. The van der Waals surface area contributed by atoms with Gasteiger partial charge < -0.3 is 30.1 Å². The monoisotopic (exact) mass is 628 g/mol. The minimum absolute atomic E-state index is 0.103. The molecule has 0 bridgehead atoms. The molecule has 2 aromatic rings. The molecule has 0 radical (unpaired) electrons. The van der Waals surface area contributed by atoms with E-state index in [1.165, 1.54) is 0 Å². The number of nitrogens with zero attached hydrogens (tertiary/aromatic N) is 4. The number of thioether (sulfide) groups is 1.